The highest BCUT2D eigenvalue weighted by Crippen LogP contribution is 2.24. The monoisotopic (exact) mass is 348 g/mol. The van der Waals surface area contributed by atoms with Gasteiger partial charge in [0, 0.05) is 11.8 Å². The zero-order valence-corrected chi connectivity index (χ0v) is 12.7. The molecule has 1 atom stereocenters. The molecule has 21 heavy (non-hydrogen) atoms. The number of nitrogens with two attached hydrogens (primary N) is 1. The lowest BCUT2D eigenvalue weighted by atomic mass is 10.0. The Labute approximate surface area is 129 Å². The molecule has 2 heterocycles. The molecule has 0 aliphatic carbocycles. The predicted octanol–water partition coefficient (Wildman–Crippen LogP) is 2.98. The van der Waals surface area contributed by atoms with Gasteiger partial charge in [0.15, 0.2) is 0 Å². The van der Waals surface area contributed by atoms with Crippen LogP contribution in [-0.2, 0) is 6.42 Å². The Morgan fingerprint density at radius 3 is 2.95 bits per heavy atom. The van der Waals surface area contributed by atoms with Crippen LogP contribution in [0.15, 0.2) is 53.3 Å². The van der Waals surface area contributed by atoms with Gasteiger partial charge in [-0.15, -0.1) is 0 Å². The van der Waals surface area contributed by atoms with Gasteiger partial charge in [-0.1, -0.05) is 12.1 Å². The molecule has 1 aromatic carbocycles. The molecule has 0 saturated carbocycles. The van der Waals surface area contributed by atoms with Crippen LogP contribution in [0, 0.1) is 5.82 Å². The quantitative estimate of drug-likeness (QED) is 0.562. The molecule has 6 heteroatoms. The first-order valence-electron chi connectivity index (χ1n) is 6.51. The molecule has 0 saturated heterocycles. The second-order valence-corrected chi connectivity index (χ2v) is 5.66. The number of pyridine rings is 1. The molecule has 108 valence electrons. The van der Waals surface area contributed by atoms with Crippen LogP contribution in [-0.4, -0.2) is 9.61 Å². The molecule has 3 rings (SSSR count). The molecule has 3 aromatic rings. The summed E-state index contributed by atoms with van der Waals surface area (Å²) in [6.45, 7) is 0. The Bertz CT molecular complexity index is 771. The van der Waals surface area contributed by atoms with Crippen molar-refractivity contribution in [2.75, 3.05) is 0 Å². The van der Waals surface area contributed by atoms with Crippen molar-refractivity contribution in [3.63, 3.8) is 0 Å². The van der Waals surface area contributed by atoms with E-state index in [9.17, 15) is 4.39 Å². The predicted molar refractivity (Wildman–Crippen MR) is 83.1 cm³/mol. The number of hydrogen-bond acceptors (Lipinski definition) is 3. The number of fused-ring (bicyclic) bond motifs is 1. The fourth-order valence-electron chi connectivity index (χ4n) is 2.38. The van der Waals surface area contributed by atoms with E-state index >= 15 is 0 Å². The molecule has 0 amide bonds. The van der Waals surface area contributed by atoms with Crippen molar-refractivity contribution < 1.29 is 4.39 Å². The van der Waals surface area contributed by atoms with Crippen molar-refractivity contribution in [1.82, 2.24) is 15.0 Å². The average Bonchev–Trinajstić information content (AvgIpc) is 2.92. The van der Waals surface area contributed by atoms with Crippen LogP contribution in [0.4, 0.5) is 4.39 Å². The summed E-state index contributed by atoms with van der Waals surface area (Å²) >= 11 is 3.20. The highest BCUT2D eigenvalue weighted by molar-refractivity contribution is 9.10. The van der Waals surface area contributed by atoms with Crippen LogP contribution in [0.5, 0.6) is 0 Å². The third kappa shape index (κ3) is 2.83. The van der Waals surface area contributed by atoms with Crippen molar-refractivity contribution >= 4 is 21.4 Å². The molecule has 0 radical (unpaired) electrons. The molecule has 4 nitrogen and oxygen atoms in total. The minimum Gasteiger partial charge on any atom is -0.271 e. The Morgan fingerprint density at radius 1 is 1.33 bits per heavy atom. The molecular formula is C15H14BrFN4. The number of halogens is 2. The molecule has 0 aliphatic rings. The van der Waals surface area contributed by atoms with Crippen LogP contribution < -0.4 is 11.3 Å². The summed E-state index contributed by atoms with van der Waals surface area (Å²) in [5.41, 5.74) is 5.82. The molecule has 0 fully saturated rings. The zero-order valence-electron chi connectivity index (χ0n) is 11.1. The van der Waals surface area contributed by atoms with Crippen LogP contribution >= 0.6 is 15.9 Å². The Hall–Kier alpha value is -1.76. The van der Waals surface area contributed by atoms with Crippen molar-refractivity contribution in [3.05, 3.63) is 70.2 Å². The zero-order chi connectivity index (χ0) is 14.8. The van der Waals surface area contributed by atoms with Crippen molar-refractivity contribution in [3.8, 4) is 0 Å². The van der Waals surface area contributed by atoms with E-state index in [4.69, 9.17) is 5.84 Å². The number of nitrogens with one attached hydrogen (secondary N) is 1. The van der Waals surface area contributed by atoms with E-state index in [2.05, 4.69) is 26.5 Å². The number of hydrogen-bond donors (Lipinski definition) is 2. The van der Waals surface area contributed by atoms with Gasteiger partial charge in [-0.25, -0.2) is 8.91 Å². The summed E-state index contributed by atoms with van der Waals surface area (Å²) in [4.78, 5) is 0. The maximum Gasteiger partial charge on any atom is 0.137 e. The van der Waals surface area contributed by atoms with E-state index in [1.54, 1.807) is 22.8 Å². The first-order chi connectivity index (χ1) is 10.2. The van der Waals surface area contributed by atoms with Crippen molar-refractivity contribution in [1.29, 1.82) is 0 Å². The van der Waals surface area contributed by atoms with Gasteiger partial charge < -0.3 is 0 Å². The smallest absolute Gasteiger partial charge is 0.137 e. The number of benzene rings is 1. The Kier molecular flexibility index (Phi) is 4.01. The van der Waals surface area contributed by atoms with Crippen LogP contribution in [0.2, 0.25) is 0 Å². The fourth-order valence-corrected chi connectivity index (χ4v) is 2.81. The van der Waals surface area contributed by atoms with Crippen LogP contribution in [0.3, 0.4) is 0 Å². The first kappa shape index (κ1) is 14.2. The largest absolute Gasteiger partial charge is 0.271 e. The number of hydrazine groups is 1. The summed E-state index contributed by atoms with van der Waals surface area (Å²) in [6.07, 6.45) is 4.34. The normalized spacial score (nSPS) is 12.7. The van der Waals surface area contributed by atoms with E-state index in [1.165, 1.54) is 6.07 Å². The second kappa shape index (κ2) is 5.93. The van der Waals surface area contributed by atoms with E-state index in [0.29, 0.717) is 10.9 Å². The molecule has 0 spiro atoms. The summed E-state index contributed by atoms with van der Waals surface area (Å²) in [7, 11) is 0. The van der Waals surface area contributed by atoms with Gasteiger partial charge in [0.1, 0.15) is 5.82 Å². The lowest BCUT2D eigenvalue weighted by Crippen LogP contribution is -2.29. The van der Waals surface area contributed by atoms with Gasteiger partial charge >= 0.3 is 0 Å². The van der Waals surface area contributed by atoms with Crippen molar-refractivity contribution in [2.45, 2.75) is 12.5 Å². The van der Waals surface area contributed by atoms with Gasteiger partial charge in [-0.3, -0.25) is 11.3 Å². The average molecular weight is 349 g/mol. The van der Waals surface area contributed by atoms with Crippen molar-refractivity contribution in [2.24, 2.45) is 5.84 Å². The van der Waals surface area contributed by atoms with Gasteiger partial charge in [-0.2, -0.15) is 5.10 Å². The lowest BCUT2D eigenvalue weighted by Gasteiger charge is -2.15. The molecule has 3 N–H and O–H groups in total. The minimum absolute atomic E-state index is 0.0951. The van der Waals surface area contributed by atoms with E-state index in [0.717, 1.165) is 16.6 Å². The van der Waals surface area contributed by atoms with Crippen LogP contribution in [0.25, 0.3) is 5.52 Å². The van der Waals surface area contributed by atoms with E-state index < -0.39 is 0 Å². The summed E-state index contributed by atoms with van der Waals surface area (Å²) in [5, 5.41) is 4.31. The topological polar surface area (TPSA) is 55.3 Å². The van der Waals surface area contributed by atoms with E-state index in [1.807, 2.05) is 24.4 Å². The third-order valence-corrected chi connectivity index (χ3v) is 4.06. The number of rotatable bonds is 4. The third-order valence-electron chi connectivity index (χ3n) is 3.46. The molecule has 1 unspecified atom stereocenters. The van der Waals surface area contributed by atoms with Gasteiger partial charge in [-0.05, 0) is 52.2 Å². The Balaban J connectivity index is 1.93. The summed E-state index contributed by atoms with van der Waals surface area (Å²) in [6, 6.07) is 10.8. The highest BCUT2D eigenvalue weighted by Gasteiger charge is 2.16. The second-order valence-electron chi connectivity index (χ2n) is 4.80. The Morgan fingerprint density at radius 2 is 2.19 bits per heavy atom. The SMILES string of the molecule is NNC(Cc1ccc(F)c(Br)c1)c1cnn2ccccc12. The standard InChI is InChI=1S/C15H14BrFN4/c16-12-7-10(4-5-13(12)17)8-14(20-18)11-9-19-21-6-2-1-3-15(11)21/h1-7,9,14,20H,8,18H2. The minimum atomic E-state index is -0.271. The molecule has 2 aromatic heterocycles. The number of nitrogens with zero attached hydrogens (tertiary/aromatic N) is 2. The number of aromatic nitrogens is 2. The summed E-state index contributed by atoms with van der Waals surface area (Å²) < 4.78 is 15.6. The maximum atomic E-state index is 13.3. The first-order valence-corrected chi connectivity index (χ1v) is 7.30. The highest BCUT2D eigenvalue weighted by atomic mass is 79.9. The lowest BCUT2D eigenvalue weighted by molar-refractivity contribution is 0.553. The maximum absolute atomic E-state index is 13.3. The molecule has 0 aliphatic heterocycles. The van der Waals surface area contributed by atoms with Crippen LogP contribution in [0.1, 0.15) is 17.2 Å². The van der Waals surface area contributed by atoms with Gasteiger partial charge in [0.25, 0.3) is 0 Å². The van der Waals surface area contributed by atoms with Gasteiger partial charge in [0.05, 0.1) is 22.2 Å². The molecule has 0 bridgehead atoms. The van der Waals surface area contributed by atoms with Gasteiger partial charge in [0.2, 0.25) is 0 Å². The fraction of sp³-hybridized carbons (Fsp3) is 0.133. The molecular weight excluding hydrogens is 335 g/mol. The van der Waals surface area contributed by atoms with E-state index in [-0.39, 0.29) is 11.9 Å². The summed E-state index contributed by atoms with van der Waals surface area (Å²) in [5.74, 6) is 5.43.